The van der Waals surface area contributed by atoms with E-state index in [0.29, 0.717) is 6.54 Å². The summed E-state index contributed by atoms with van der Waals surface area (Å²) < 4.78 is 0. The zero-order valence-electron chi connectivity index (χ0n) is 11.1. The number of hydrogen-bond donors (Lipinski definition) is 2. The molecule has 0 aliphatic carbocycles. The van der Waals surface area contributed by atoms with Gasteiger partial charge in [0, 0.05) is 32.6 Å². The third-order valence-corrected chi connectivity index (χ3v) is 3.79. The molecule has 0 saturated carbocycles. The van der Waals surface area contributed by atoms with Crippen molar-refractivity contribution in [1.29, 1.82) is 0 Å². The largest absolute Gasteiger partial charge is 0.352 e. The first-order valence-electron chi connectivity index (χ1n) is 6.93. The van der Waals surface area contributed by atoms with Crippen LogP contribution in [0.25, 0.3) is 0 Å². The van der Waals surface area contributed by atoms with Crippen LogP contribution in [-0.2, 0) is 9.59 Å². The van der Waals surface area contributed by atoms with Crippen LogP contribution in [-0.4, -0.2) is 48.9 Å². The van der Waals surface area contributed by atoms with E-state index in [-0.39, 0.29) is 23.8 Å². The number of amides is 2. The first kappa shape index (κ1) is 13.3. The summed E-state index contributed by atoms with van der Waals surface area (Å²) in [7, 11) is 0. The second-order valence-electron chi connectivity index (χ2n) is 5.37. The summed E-state index contributed by atoms with van der Waals surface area (Å²) in [5.74, 6) is 0.390. The highest BCUT2D eigenvalue weighted by atomic mass is 16.2. The van der Waals surface area contributed by atoms with E-state index in [1.54, 1.807) is 0 Å². The van der Waals surface area contributed by atoms with Crippen LogP contribution in [0.2, 0.25) is 0 Å². The van der Waals surface area contributed by atoms with Gasteiger partial charge in [0.05, 0.1) is 5.92 Å². The van der Waals surface area contributed by atoms with Crippen molar-refractivity contribution in [2.45, 2.75) is 38.6 Å². The minimum absolute atomic E-state index is 0.00590. The Labute approximate surface area is 108 Å². The SMILES string of the molecule is CC(=O)NC1CCCN(C(=O)[C@H]2CCCNC2)C1. The Morgan fingerprint density at radius 1 is 1.28 bits per heavy atom. The van der Waals surface area contributed by atoms with Gasteiger partial charge in [-0.15, -0.1) is 0 Å². The van der Waals surface area contributed by atoms with Crippen molar-refractivity contribution >= 4 is 11.8 Å². The van der Waals surface area contributed by atoms with Crippen LogP contribution in [0.15, 0.2) is 0 Å². The first-order valence-corrected chi connectivity index (χ1v) is 6.93. The molecule has 1 unspecified atom stereocenters. The van der Waals surface area contributed by atoms with Crippen LogP contribution in [0.3, 0.4) is 0 Å². The van der Waals surface area contributed by atoms with Crippen molar-refractivity contribution in [3.8, 4) is 0 Å². The highest BCUT2D eigenvalue weighted by Gasteiger charge is 2.29. The van der Waals surface area contributed by atoms with Crippen molar-refractivity contribution < 1.29 is 9.59 Å². The van der Waals surface area contributed by atoms with Gasteiger partial charge in [0.25, 0.3) is 0 Å². The fraction of sp³-hybridized carbons (Fsp3) is 0.846. The van der Waals surface area contributed by atoms with Crippen LogP contribution in [0.1, 0.15) is 32.6 Å². The second-order valence-corrected chi connectivity index (χ2v) is 5.37. The van der Waals surface area contributed by atoms with Gasteiger partial charge >= 0.3 is 0 Å². The molecule has 2 atom stereocenters. The Kier molecular flexibility index (Phi) is 4.58. The maximum Gasteiger partial charge on any atom is 0.227 e. The molecular weight excluding hydrogens is 230 g/mol. The van der Waals surface area contributed by atoms with E-state index in [2.05, 4.69) is 10.6 Å². The lowest BCUT2D eigenvalue weighted by Gasteiger charge is -2.36. The number of nitrogens with one attached hydrogen (secondary N) is 2. The summed E-state index contributed by atoms with van der Waals surface area (Å²) in [5, 5.41) is 6.20. The Bertz CT molecular complexity index is 313. The molecular formula is C13H23N3O2. The fourth-order valence-corrected chi connectivity index (χ4v) is 2.90. The summed E-state index contributed by atoms with van der Waals surface area (Å²) in [6.45, 7) is 4.88. The molecule has 5 heteroatoms. The fourth-order valence-electron chi connectivity index (χ4n) is 2.90. The molecule has 2 saturated heterocycles. The van der Waals surface area contributed by atoms with Gasteiger partial charge in [-0.25, -0.2) is 0 Å². The quantitative estimate of drug-likeness (QED) is 0.734. The molecule has 0 aromatic carbocycles. The minimum Gasteiger partial charge on any atom is -0.352 e. The monoisotopic (exact) mass is 253 g/mol. The van der Waals surface area contributed by atoms with Gasteiger partial charge in [0.1, 0.15) is 0 Å². The van der Waals surface area contributed by atoms with E-state index in [4.69, 9.17) is 0 Å². The van der Waals surface area contributed by atoms with Crippen molar-refractivity contribution in [1.82, 2.24) is 15.5 Å². The standard InChI is InChI=1S/C13H23N3O2/c1-10(17)15-12-5-3-7-16(9-12)13(18)11-4-2-6-14-8-11/h11-12,14H,2-9H2,1H3,(H,15,17)/t11-,12?/m0/s1. The van der Waals surface area contributed by atoms with Gasteiger partial charge in [-0.2, -0.15) is 0 Å². The van der Waals surface area contributed by atoms with E-state index in [1.165, 1.54) is 6.92 Å². The zero-order chi connectivity index (χ0) is 13.0. The Balaban J connectivity index is 1.87. The predicted octanol–water partition coefficient (Wildman–Crippen LogP) is 0.113. The summed E-state index contributed by atoms with van der Waals surface area (Å²) >= 11 is 0. The molecule has 2 heterocycles. The van der Waals surface area contributed by atoms with Crippen molar-refractivity contribution in [2.24, 2.45) is 5.92 Å². The smallest absolute Gasteiger partial charge is 0.227 e. The number of likely N-dealkylation sites (tertiary alicyclic amines) is 1. The molecule has 102 valence electrons. The van der Waals surface area contributed by atoms with E-state index in [9.17, 15) is 9.59 Å². The van der Waals surface area contributed by atoms with Gasteiger partial charge in [-0.1, -0.05) is 0 Å². The number of nitrogens with zero attached hydrogens (tertiary/aromatic N) is 1. The molecule has 0 aromatic rings. The van der Waals surface area contributed by atoms with Crippen LogP contribution in [0.5, 0.6) is 0 Å². The van der Waals surface area contributed by atoms with Crippen LogP contribution in [0.4, 0.5) is 0 Å². The second kappa shape index (κ2) is 6.18. The molecule has 2 amide bonds. The van der Waals surface area contributed by atoms with Gasteiger partial charge in [0.15, 0.2) is 0 Å². The molecule has 18 heavy (non-hydrogen) atoms. The molecule has 0 spiro atoms. The van der Waals surface area contributed by atoms with Crippen molar-refractivity contribution in [3.05, 3.63) is 0 Å². The molecule has 2 aliphatic rings. The van der Waals surface area contributed by atoms with Crippen LogP contribution in [0, 0.1) is 5.92 Å². The van der Waals surface area contributed by atoms with E-state index >= 15 is 0 Å². The summed E-state index contributed by atoms with van der Waals surface area (Å²) in [5.41, 5.74) is 0. The van der Waals surface area contributed by atoms with Crippen LogP contribution < -0.4 is 10.6 Å². The van der Waals surface area contributed by atoms with Crippen LogP contribution >= 0.6 is 0 Å². The molecule has 2 fully saturated rings. The lowest BCUT2D eigenvalue weighted by molar-refractivity contribution is -0.138. The van der Waals surface area contributed by atoms with Crippen molar-refractivity contribution in [3.63, 3.8) is 0 Å². The zero-order valence-corrected chi connectivity index (χ0v) is 11.1. The number of carbonyl (C=O) groups excluding carboxylic acids is 2. The third kappa shape index (κ3) is 3.45. The average Bonchev–Trinajstić information content (AvgIpc) is 2.38. The molecule has 2 N–H and O–H groups in total. The lowest BCUT2D eigenvalue weighted by atomic mass is 9.96. The topological polar surface area (TPSA) is 61.4 Å². The maximum atomic E-state index is 12.4. The van der Waals surface area contributed by atoms with E-state index in [0.717, 1.165) is 45.3 Å². The predicted molar refractivity (Wildman–Crippen MR) is 69.0 cm³/mol. The minimum atomic E-state index is -0.00590. The normalized spacial score (nSPS) is 28.8. The van der Waals surface area contributed by atoms with Gasteiger partial charge in [-0.05, 0) is 32.2 Å². The summed E-state index contributed by atoms with van der Waals surface area (Å²) in [4.78, 5) is 25.4. The van der Waals surface area contributed by atoms with E-state index < -0.39 is 0 Å². The Morgan fingerprint density at radius 2 is 2.11 bits per heavy atom. The number of rotatable bonds is 2. The molecule has 5 nitrogen and oxygen atoms in total. The highest BCUT2D eigenvalue weighted by Crippen LogP contribution is 2.17. The molecule has 0 radical (unpaired) electrons. The van der Waals surface area contributed by atoms with Gasteiger partial charge < -0.3 is 15.5 Å². The number of piperidine rings is 2. The van der Waals surface area contributed by atoms with Gasteiger partial charge in [0.2, 0.25) is 11.8 Å². The average molecular weight is 253 g/mol. The highest BCUT2D eigenvalue weighted by molar-refractivity contribution is 5.79. The maximum absolute atomic E-state index is 12.4. The third-order valence-electron chi connectivity index (χ3n) is 3.79. The molecule has 2 aliphatic heterocycles. The molecule has 2 rings (SSSR count). The summed E-state index contributed by atoms with van der Waals surface area (Å²) in [6, 6.07) is 0.136. The van der Waals surface area contributed by atoms with E-state index in [1.807, 2.05) is 4.90 Å². The van der Waals surface area contributed by atoms with Crippen molar-refractivity contribution in [2.75, 3.05) is 26.2 Å². The number of hydrogen-bond acceptors (Lipinski definition) is 3. The molecule has 0 bridgehead atoms. The first-order chi connectivity index (χ1) is 8.66. The van der Waals surface area contributed by atoms with Gasteiger partial charge in [-0.3, -0.25) is 9.59 Å². The summed E-state index contributed by atoms with van der Waals surface area (Å²) in [6.07, 6.45) is 4.04. The Hall–Kier alpha value is -1.10. The Morgan fingerprint density at radius 3 is 2.78 bits per heavy atom. The number of carbonyl (C=O) groups is 2. The molecule has 0 aromatic heterocycles. The lowest BCUT2D eigenvalue weighted by Crippen LogP contribution is -2.52.